The van der Waals surface area contributed by atoms with Gasteiger partial charge in [0.25, 0.3) is 5.91 Å². The van der Waals surface area contributed by atoms with Crippen molar-refractivity contribution in [2.24, 2.45) is 5.73 Å². The van der Waals surface area contributed by atoms with Crippen molar-refractivity contribution in [1.29, 1.82) is 0 Å². The van der Waals surface area contributed by atoms with Crippen LogP contribution in [0.15, 0.2) is 36.4 Å². The number of anilines is 1. The van der Waals surface area contributed by atoms with Crippen molar-refractivity contribution < 1.29 is 4.79 Å². The minimum absolute atomic E-state index is 0.0720. The Morgan fingerprint density at radius 2 is 2.18 bits per heavy atom. The molecule has 2 aromatic rings. The second-order valence-electron chi connectivity index (χ2n) is 3.77. The summed E-state index contributed by atoms with van der Waals surface area (Å²) in [4.78, 5) is 13.7. The molecular weight excluding hydrogens is 232 g/mol. The number of nitrogens with two attached hydrogens (primary N) is 1. The van der Waals surface area contributed by atoms with Crippen LogP contribution >= 0.6 is 11.3 Å². The maximum atomic E-state index is 11.9. The van der Waals surface area contributed by atoms with Crippen molar-refractivity contribution in [3.8, 4) is 0 Å². The monoisotopic (exact) mass is 246 g/mol. The summed E-state index contributed by atoms with van der Waals surface area (Å²) in [7, 11) is 0. The molecule has 3 N–H and O–H groups in total. The maximum absolute atomic E-state index is 11.9. The van der Waals surface area contributed by atoms with Gasteiger partial charge in [-0.1, -0.05) is 12.1 Å². The number of benzene rings is 1. The fourth-order valence-corrected chi connectivity index (χ4v) is 2.29. The van der Waals surface area contributed by atoms with Crippen molar-refractivity contribution in [3.63, 3.8) is 0 Å². The molecule has 3 nitrogen and oxygen atoms in total. The van der Waals surface area contributed by atoms with Gasteiger partial charge >= 0.3 is 0 Å². The van der Waals surface area contributed by atoms with Gasteiger partial charge in [0, 0.05) is 17.1 Å². The average molecular weight is 246 g/mol. The third-order valence-corrected chi connectivity index (χ3v) is 3.38. The van der Waals surface area contributed by atoms with E-state index in [2.05, 4.69) is 5.32 Å². The van der Waals surface area contributed by atoms with Crippen LogP contribution in [0.5, 0.6) is 0 Å². The molecule has 0 saturated carbocycles. The van der Waals surface area contributed by atoms with E-state index in [4.69, 9.17) is 5.73 Å². The molecular formula is C13H14N2OS. The Bertz CT molecular complexity index is 534. The summed E-state index contributed by atoms with van der Waals surface area (Å²) in [5.74, 6) is -0.0720. The third-order valence-electron chi connectivity index (χ3n) is 2.38. The largest absolute Gasteiger partial charge is 0.326 e. The van der Waals surface area contributed by atoms with Gasteiger partial charge in [0.1, 0.15) is 0 Å². The summed E-state index contributed by atoms with van der Waals surface area (Å²) in [5, 5.41) is 2.86. The highest BCUT2D eigenvalue weighted by molar-refractivity contribution is 7.14. The molecule has 0 bridgehead atoms. The summed E-state index contributed by atoms with van der Waals surface area (Å²) in [6, 6.07) is 11.3. The lowest BCUT2D eigenvalue weighted by Crippen LogP contribution is -2.10. The van der Waals surface area contributed by atoms with Crippen LogP contribution < -0.4 is 11.1 Å². The summed E-state index contributed by atoms with van der Waals surface area (Å²) in [6.07, 6.45) is 0. The minimum Gasteiger partial charge on any atom is -0.326 e. The normalized spacial score (nSPS) is 10.2. The number of thiophene rings is 1. The van der Waals surface area contributed by atoms with E-state index in [0.717, 1.165) is 21.0 Å². The van der Waals surface area contributed by atoms with Crippen molar-refractivity contribution in [3.05, 3.63) is 51.7 Å². The Labute approximate surface area is 104 Å². The Morgan fingerprint density at radius 1 is 1.35 bits per heavy atom. The topological polar surface area (TPSA) is 55.1 Å². The molecule has 88 valence electrons. The van der Waals surface area contributed by atoms with Crippen LogP contribution in [0.1, 0.15) is 20.1 Å². The molecule has 0 aliphatic carbocycles. The fourth-order valence-electron chi connectivity index (χ4n) is 1.53. The van der Waals surface area contributed by atoms with Crippen LogP contribution in [0.2, 0.25) is 0 Å². The Hall–Kier alpha value is -1.65. The second-order valence-corrected chi connectivity index (χ2v) is 5.06. The molecule has 1 heterocycles. The smallest absolute Gasteiger partial charge is 0.265 e. The number of hydrogen-bond acceptors (Lipinski definition) is 3. The van der Waals surface area contributed by atoms with E-state index < -0.39 is 0 Å². The van der Waals surface area contributed by atoms with Gasteiger partial charge in [-0.05, 0) is 36.8 Å². The van der Waals surface area contributed by atoms with Crippen LogP contribution in [0.25, 0.3) is 0 Å². The van der Waals surface area contributed by atoms with E-state index in [1.54, 1.807) is 0 Å². The van der Waals surface area contributed by atoms with E-state index in [1.807, 2.05) is 43.3 Å². The van der Waals surface area contributed by atoms with E-state index >= 15 is 0 Å². The van der Waals surface area contributed by atoms with Crippen LogP contribution in [0.3, 0.4) is 0 Å². The zero-order valence-corrected chi connectivity index (χ0v) is 10.4. The molecule has 0 unspecified atom stereocenters. The van der Waals surface area contributed by atoms with Crippen molar-refractivity contribution in [1.82, 2.24) is 0 Å². The Balaban J connectivity index is 2.12. The first-order valence-corrected chi connectivity index (χ1v) is 6.17. The number of hydrogen-bond donors (Lipinski definition) is 2. The van der Waals surface area contributed by atoms with Gasteiger partial charge in [-0.15, -0.1) is 11.3 Å². The van der Waals surface area contributed by atoms with E-state index in [1.165, 1.54) is 11.3 Å². The molecule has 4 heteroatoms. The summed E-state index contributed by atoms with van der Waals surface area (Å²) >= 11 is 1.49. The van der Waals surface area contributed by atoms with E-state index in [-0.39, 0.29) is 5.91 Å². The van der Waals surface area contributed by atoms with Crippen LogP contribution in [-0.4, -0.2) is 5.91 Å². The molecule has 0 aliphatic rings. The van der Waals surface area contributed by atoms with Crippen molar-refractivity contribution >= 4 is 22.9 Å². The van der Waals surface area contributed by atoms with Gasteiger partial charge in [0.15, 0.2) is 0 Å². The molecule has 0 atom stereocenters. The molecule has 1 aromatic carbocycles. The number of rotatable bonds is 3. The third kappa shape index (κ3) is 2.93. The molecule has 1 amide bonds. The summed E-state index contributed by atoms with van der Waals surface area (Å²) in [6.45, 7) is 2.46. The molecule has 17 heavy (non-hydrogen) atoms. The number of carbonyl (C=O) groups is 1. The lowest BCUT2D eigenvalue weighted by atomic mass is 10.2. The lowest BCUT2D eigenvalue weighted by Gasteiger charge is -2.05. The average Bonchev–Trinajstić information content (AvgIpc) is 2.76. The minimum atomic E-state index is -0.0720. The molecule has 0 saturated heterocycles. The number of carbonyl (C=O) groups excluding carboxylic acids is 1. The van der Waals surface area contributed by atoms with E-state index in [0.29, 0.717) is 6.54 Å². The van der Waals surface area contributed by atoms with Crippen LogP contribution in [0.4, 0.5) is 5.69 Å². The van der Waals surface area contributed by atoms with Crippen molar-refractivity contribution in [2.75, 3.05) is 5.32 Å². The SMILES string of the molecule is Cc1ccc(C(=O)Nc2cccc(CN)c2)s1. The standard InChI is InChI=1S/C13H14N2OS/c1-9-5-6-12(17-9)13(16)15-11-4-2-3-10(7-11)8-14/h2-7H,8,14H2,1H3,(H,15,16). The molecule has 0 aliphatic heterocycles. The van der Waals surface area contributed by atoms with E-state index in [9.17, 15) is 4.79 Å². The first kappa shape index (κ1) is 11.8. The first-order valence-electron chi connectivity index (χ1n) is 5.36. The van der Waals surface area contributed by atoms with Crippen LogP contribution in [0, 0.1) is 6.92 Å². The van der Waals surface area contributed by atoms with Crippen LogP contribution in [-0.2, 0) is 6.54 Å². The zero-order chi connectivity index (χ0) is 12.3. The van der Waals surface area contributed by atoms with Gasteiger partial charge in [-0.25, -0.2) is 0 Å². The van der Waals surface area contributed by atoms with Gasteiger partial charge < -0.3 is 11.1 Å². The highest BCUT2D eigenvalue weighted by Crippen LogP contribution is 2.17. The fraction of sp³-hybridized carbons (Fsp3) is 0.154. The maximum Gasteiger partial charge on any atom is 0.265 e. The predicted molar refractivity (Wildman–Crippen MR) is 71.3 cm³/mol. The molecule has 1 aromatic heterocycles. The molecule has 2 rings (SSSR count). The first-order chi connectivity index (χ1) is 8.19. The lowest BCUT2D eigenvalue weighted by molar-refractivity contribution is 0.103. The number of nitrogens with one attached hydrogen (secondary N) is 1. The van der Waals surface area contributed by atoms with Gasteiger partial charge in [-0.3, -0.25) is 4.79 Å². The zero-order valence-electron chi connectivity index (χ0n) is 9.57. The van der Waals surface area contributed by atoms with Gasteiger partial charge in [0.05, 0.1) is 4.88 Å². The van der Waals surface area contributed by atoms with Gasteiger partial charge in [-0.2, -0.15) is 0 Å². The Kier molecular flexibility index (Phi) is 3.56. The molecule has 0 fully saturated rings. The number of aryl methyl sites for hydroxylation is 1. The predicted octanol–water partition coefficient (Wildman–Crippen LogP) is 2.77. The van der Waals surface area contributed by atoms with Crippen molar-refractivity contribution in [2.45, 2.75) is 13.5 Å². The molecule has 0 spiro atoms. The number of amides is 1. The highest BCUT2D eigenvalue weighted by atomic mass is 32.1. The molecule has 0 radical (unpaired) electrons. The quantitative estimate of drug-likeness (QED) is 0.875. The summed E-state index contributed by atoms with van der Waals surface area (Å²) in [5.41, 5.74) is 7.34. The second kappa shape index (κ2) is 5.12. The summed E-state index contributed by atoms with van der Waals surface area (Å²) < 4.78 is 0. The Morgan fingerprint density at radius 3 is 2.82 bits per heavy atom. The highest BCUT2D eigenvalue weighted by Gasteiger charge is 2.08. The van der Waals surface area contributed by atoms with Gasteiger partial charge in [0.2, 0.25) is 0 Å².